The van der Waals surface area contributed by atoms with Crippen LogP contribution in [0.25, 0.3) is 0 Å². The Kier molecular flexibility index (Phi) is 1.65. The average Bonchev–Trinajstić information content (AvgIpc) is 2.39. The maximum atomic E-state index is 9.98. The maximum Gasteiger partial charge on any atom is 0.0995 e. The zero-order valence-electron chi connectivity index (χ0n) is 8.91. The molecule has 0 amide bonds. The van der Waals surface area contributed by atoms with Crippen molar-refractivity contribution in [3.8, 4) is 6.07 Å². The van der Waals surface area contributed by atoms with Gasteiger partial charge in [0.15, 0.2) is 0 Å². The molecule has 2 rings (SSSR count). The minimum atomic E-state index is -0.888. The van der Waals surface area contributed by atoms with Crippen LogP contribution < -0.4 is 0 Å². The second kappa shape index (κ2) is 2.32. The van der Waals surface area contributed by atoms with E-state index in [1.807, 2.05) is 20.8 Å². The number of rotatable bonds is 0. The third-order valence-corrected chi connectivity index (χ3v) is 5.24. The second-order valence-electron chi connectivity index (χ2n) is 5.52. The molecule has 0 unspecified atom stereocenters. The van der Waals surface area contributed by atoms with E-state index >= 15 is 0 Å². The summed E-state index contributed by atoms with van der Waals surface area (Å²) in [6, 6.07) is 2.25. The van der Waals surface area contributed by atoms with E-state index in [9.17, 15) is 15.5 Å². The zero-order valence-corrected chi connectivity index (χ0v) is 8.91. The van der Waals surface area contributed by atoms with Gasteiger partial charge >= 0.3 is 0 Å². The highest BCUT2D eigenvalue weighted by atomic mass is 16.3. The molecular formula is C11H17NO2. The fraction of sp³-hybridized carbons (Fsp3) is 0.909. The summed E-state index contributed by atoms with van der Waals surface area (Å²) in [6.07, 6.45) is -0.121. The largest absolute Gasteiger partial charge is 0.390 e. The van der Waals surface area contributed by atoms with Gasteiger partial charge in [-0.1, -0.05) is 20.8 Å². The summed E-state index contributed by atoms with van der Waals surface area (Å²) in [5.41, 5.74) is -1.38. The number of nitrogens with zero attached hydrogens (tertiary/aromatic N) is 1. The minimum Gasteiger partial charge on any atom is -0.390 e. The highest BCUT2D eigenvalue weighted by Gasteiger charge is 2.74. The van der Waals surface area contributed by atoms with Crippen molar-refractivity contribution >= 4 is 0 Å². The molecule has 4 atom stereocenters. The van der Waals surface area contributed by atoms with Gasteiger partial charge in [0.2, 0.25) is 0 Å². The van der Waals surface area contributed by atoms with Gasteiger partial charge in [-0.15, -0.1) is 0 Å². The predicted octanol–water partition coefficient (Wildman–Crippen LogP) is 1.06. The van der Waals surface area contributed by atoms with Crippen LogP contribution in [-0.2, 0) is 0 Å². The van der Waals surface area contributed by atoms with Gasteiger partial charge in [0.05, 0.1) is 23.7 Å². The molecule has 0 spiro atoms. The van der Waals surface area contributed by atoms with E-state index in [1.165, 1.54) is 0 Å². The molecule has 0 aromatic rings. The van der Waals surface area contributed by atoms with Gasteiger partial charge in [0, 0.05) is 5.41 Å². The first kappa shape index (κ1) is 9.95. The van der Waals surface area contributed by atoms with Crippen molar-refractivity contribution in [3.63, 3.8) is 0 Å². The van der Waals surface area contributed by atoms with Gasteiger partial charge in [-0.05, 0) is 18.3 Å². The Morgan fingerprint density at radius 2 is 1.71 bits per heavy atom. The predicted molar refractivity (Wildman–Crippen MR) is 51.2 cm³/mol. The van der Waals surface area contributed by atoms with Crippen molar-refractivity contribution in [3.05, 3.63) is 0 Å². The van der Waals surface area contributed by atoms with E-state index in [0.717, 1.165) is 6.42 Å². The van der Waals surface area contributed by atoms with Gasteiger partial charge in [0.25, 0.3) is 0 Å². The van der Waals surface area contributed by atoms with Gasteiger partial charge in [-0.25, -0.2) is 0 Å². The Balaban J connectivity index is 2.61. The first-order chi connectivity index (χ1) is 6.33. The standard InChI is InChI=1S/C11H17NO2/c1-9(2)10(3)4-5-11(9,6-12)8(14)7(10)13/h7-8,13-14H,4-5H2,1-3H3/t7-,8-,10-,11-/m1/s1. The number of fused-ring (bicyclic) bond motifs is 2. The Morgan fingerprint density at radius 3 is 2.00 bits per heavy atom. The van der Waals surface area contributed by atoms with E-state index in [0.29, 0.717) is 6.42 Å². The van der Waals surface area contributed by atoms with Crippen LogP contribution in [0.2, 0.25) is 0 Å². The quantitative estimate of drug-likeness (QED) is 0.607. The summed E-state index contributed by atoms with van der Waals surface area (Å²) in [5, 5.41) is 29.2. The lowest BCUT2D eigenvalue weighted by Crippen LogP contribution is -2.41. The molecule has 14 heavy (non-hydrogen) atoms. The number of hydrogen-bond acceptors (Lipinski definition) is 3. The molecule has 2 fully saturated rings. The first-order valence-corrected chi connectivity index (χ1v) is 5.11. The molecule has 0 aliphatic heterocycles. The van der Waals surface area contributed by atoms with Gasteiger partial charge in [-0.3, -0.25) is 0 Å². The van der Waals surface area contributed by atoms with Gasteiger partial charge in [-0.2, -0.15) is 5.26 Å². The molecule has 3 heteroatoms. The zero-order chi connectivity index (χ0) is 10.8. The van der Waals surface area contributed by atoms with Gasteiger partial charge in [0.1, 0.15) is 0 Å². The number of aliphatic hydroxyl groups excluding tert-OH is 2. The normalized spacial score (nSPS) is 54.6. The summed E-state index contributed by atoms with van der Waals surface area (Å²) in [7, 11) is 0. The lowest BCUT2D eigenvalue weighted by Gasteiger charge is -2.37. The highest BCUT2D eigenvalue weighted by Crippen LogP contribution is 2.71. The molecule has 0 aromatic carbocycles. The van der Waals surface area contributed by atoms with Crippen molar-refractivity contribution in [1.29, 1.82) is 5.26 Å². The van der Waals surface area contributed by atoms with Crippen molar-refractivity contribution in [2.45, 2.75) is 45.8 Å². The van der Waals surface area contributed by atoms with Crippen molar-refractivity contribution in [2.24, 2.45) is 16.2 Å². The van der Waals surface area contributed by atoms with Crippen LogP contribution in [0.4, 0.5) is 0 Å². The molecule has 2 aliphatic carbocycles. The molecule has 3 nitrogen and oxygen atoms in total. The van der Waals surface area contributed by atoms with Crippen LogP contribution in [0.3, 0.4) is 0 Å². The Hall–Kier alpha value is -0.590. The summed E-state index contributed by atoms with van der Waals surface area (Å²) < 4.78 is 0. The van der Waals surface area contributed by atoms with Crippen LogP contribution in [0.1, 0.15) is 33.6 Å². The molecule has 2 bridgehead atoms. The summed E-state index contributed by atoms with van der Waals surface area (Å²) in [5.74, 6) is 0. The van der Waals surface area contributed by atoms with E-state index in [4.69, 9.17) is 0 Å². The van der Waals surface area contributed by atoms with E-state index < -0.39 is 17.6 Å². The Labute approximate surface area is 84.4 Å². The lowest BCUT2D eigenvalue weighted by molar-refractivity contribution is -0.0594. The van der Waals surface area contributed by atoms with Crippen LogP contribution in [0.15, 0.2) is 0 Å². The monoisotopic (exact) mass is 195 g/mol. The van der Waals surface area contributed by atoms with Crippen LogP contribution in [0, 0.1) is 27.6 Å². The third-order valence-electron chi connectivity index (χ3n) is 5.24. The summed E-state index contributed by atoms with van der Waals surface area (Å²) in [4.78, 5) is 0. The number of aliphatic hydroxyl groups is 2. The third kappa shape index (κ3) is 0.656. The van der Waals surface area contributed by atoms with E-state index in [-0.39, 0.29) is 10.8 Å². The first-order valence-electron chi connectivity index (χ1n) is 5.11. The molecular weight excluding hydrogens is 178 g/mol. The molecule has 0 radical (unpaired) electrons. The van der Waals surface area contributed by atoms with Crippen LogP contribution >= 0.6 is 0 Å². The van der Waals surface area contributed by atoms with Crippen LogP contribution in [0.5, 0.6) is 0 Å². The maximum absolute atomic E-state index is 9.98. The van der Waals surface area contributed by atoms with Crippen LogP contribution in [-0.4, -0.2) is 22.4 Å². The highest BCUT2D eigenvalue weighted by molar-refractivity contribution is 5.29. The molecule has 78 valence electrons. The molecule has 2 N–H and O–H groups in total. The minimum absolute atomic E-state index is 0.312. The average molecular weight is 195 g/mol. The molecule has 0 aromatic heterocycles. The van der Waals surface area contributed by atoms with Crippen molar-refractivity contribution < 1.29 is 10.2 Å². The molecule has 2 aliphatic rings. The Bertz CT molecular complexity index is 320. The topological polar surface area (TPSA) is 64.2 Å². The summed E-state index contributed by atoms with van der Waals surface area (Å²) >= 11 is 0. The fourth-order valence-electron chi connectivity index (χ4n) is 3.51. The van der Waals surface area contributed by atoms with Crippen molar-refractivity contribution in [1.82, 2.24) is 0 Å². The van der Waals surface area contributed by atoms with E-state index in [2.05, 4.69) is 6.07 Å². The molecule has 2 saturated carbocycles. The Morgan fingerprint density at radius 1 is 1.14 bits per heavy atom. The second-order valence-corrected chi connectivity index (χ2v) is 5.52. The summed E-state index contributed by atoms with van der Waals surface area (Å²) in [6.45, 7) is 5.96. The fourth-order valence-corrected chi connectivity index (χ4v) is 3.51. The van der Waals surface area contributed by atoms with Crippen molar-refractivity contribution in [2.75, 3.05) is 0 Å². The number of nitriles is 1. The number of hydrogen-bond donors (Lipinski definition) is 2. The van der Waals surface area contributed by atoms with Gasteiger partial charge < -0.3 is 10.2 Å². The smallest absolute Gasteiger partial charge is 0.0995 e. The van der Waals surface area contributed by atoms with E-state index in [1.54, 1.807) is 0 Å². The lowest BCUT2D eigenvalue weighted by atomic mass is 9.65. The SMILES string of the molecule is CC1(C)[C@@]2(C#N)CC[C@]1(C)[C@H](O)[C@H]2O. The molecule has 0 heterocycles. The molecule has 0 saturated heterocycles.